The van der Waals surface area contributed by atoms with E-state index in [1.807, 2.05) is 6.07 Å². The lowest BCUT2D eigenvalue weighted by atomic mass is 10.0. The Kier molecular flexibility index (Phi) is 7.39. The smallest absolute Gasteiger partial charge is 0.266 e. The van der Waals surface area contributed by atoms with Gasteiger partial charge in [-0.2, -0.15) is 0 Å². The Hall–Kier alpha value is -3.40. The number of hydrogen-bond acceptors (Lipinski definition) is 6. The van der Waals surface area contributed by atoms with Crippen molar-refractivity contribution in [2.75, 3.05) is 43.6 Å². The van der Waals surface area contributed by atoms with Gasteiger partial charge < -0.3 is 19.9 Å². The van der Waals surface area contributed by atoms with E-state index in [0.29, 0.717) is 43.3 Å². The fourth-order valence-electron chi connectivity index (χ4n) is 4.48. The average molecular weight is 488 g/mol. The van der Waals surface area contributed by atoms with Crippen molar-refractivity contribution in [3.05, 3.63) is 59.7 Å². The van der Waals surface area contributed by atoms with Gasteiger partial charge in [0.2, 0.25) is 5.91 Å². The van der Waals surface area contributed by atoms with Gasteiger partial charge in [0.05, 0.1) is 36.0 Å². The first kappa shape index (κ1) is 24.7. The molecule has 2 aromatic heterocycles. The van der Waals surface area contributed by atoms with E-state index < -0.39 is 23.8 Å². The summed E-state index contributed by atoms with van der Waals surface area (Å²) in [7, 11) is 1.62. The number of anilines is 2. The predicted octanol–water partition coefficient (Wildman–Crippen LogP) is 4.56. The van der Waals surface area contributed by atoms with Crippen LogP contribution >= 0.6 is 0 Å². The van der Waals surface area contributed by atoms with E-state index in [-0.39, 0.29) is 17.5 Å². The zero-order valence-electron chi connectivity index (χ0n) is 19.8. The minimum Gasteiger partial charge on any atom is -0.382 e. The van der Waals surface area contributed by atoms with Gasteiger partial charge in [0.15, 0.2) is 0 Å². The molecule has 1 aliphatic rings. The van der Waals surface area contributed by atoms with Crippen LogP contribution in [-0.4, -0.2) is 60.2 Å². The highest BCUT2D eigenvalue weighted by molar-refractivity contribution is 5.92. The molecule has 0 spiro atoms. The third-order valence-electron chi connectivity index (χ3n) is 6.33. The van der Waals surface area contributed by atoms with Crippen molar-refractivity contribution in [3.8, 4) is 0 Å². The minimum atomic E-state index is -2.89. The second-order valence-corrected chi connectivity index (χ2v) is 8.60. The molecule has 1 aromatic carbocycles. The lowest BCUT2D eigenvalue weighted by molar-refractivity contribution is -0.129. The number of piperazine rings is 1. The fourth-order valence-corrected chi connectivity index (χ4v) is 4.48. The Morgan fingerprint density at radius 3 is 2.71 bits per heavy atom. The van der Waals surface area contributed by atoms with E-state index in [2.05, 4.69) is 20.2 Å². The zero-order chi connectivity index (χ0) is 25.1. The summed E-state index contributed by atoms with van der Waals surface area (Å²) >= 11 is 0. The number of fused-ring (bicyclic) bond motifs is 1. The van der Waals surface area contributed by atoms with E-state index >= 15 is 0 Å². The van der Waals surface area contributed by atoms with Crippen LogP contribution in [0.3, 0.4) is 0 Å². The number of aromatic nitrogens is 2. The van der Waals surface area contributed by atoms with Crippen molar-refractivity contribution < 1.29 is 22.7 Å². The summed E-state index contributed by atoms with van der Waals surface area (Å²) in [4.78, 5) is 24.7. The van der Waals surface area contributed by atoms with Gasteiger partial charge in [0.25, 0.3) is 6.43 Å². The van der Waals surface area contributed by atoms with Gasteiger partial charge in [0, 0.05) is 56.5 Å². The van der Waals surface area contributed by atoms with E-state index in [0.717, 1.165) is 11.5 Å². The molecule has 0 bridgehead atoms. The molecule has 2 atom stereocenters. The number of rotatable bonds is 7. The van der Waals surface area contributed by atoms with Crippen LogP contribution < -0.4 is 10.2 Å². The third-order valence-corrected chi connectivity index (χ3v) is 6.33. The molecular formula is C25H28F3N5O2. The third kappa shape index (κ3) is 5.17. The summed E-state index contributed by atoms with van der Waals surface area (Å²) in [5, 5.41) is 4.01. The molecule has 0 unspecified atom stereocenters. The molecule has 1 aliphatic heterocycles. The van der Waals surface area contributed by atoms with Crippen LogP contribution in [-0.2, 0) is 9.53 Å². The van der Waals surface area contributed by atoms with Crippen LogP contribution in [0.5, 0.6) is 0 Å². The van der Waals surface area contributed by atoms with Crippen LogP contribution in [0, 0.1) is 5.82 Å². The van der Waals surface area contributed by atoms with Crippen molar-refractivity contribution in [1.29, 1.82) is 0 Å². The number of halogens is 3. The number of alkyl halides is 2. The number of nitrogens with zero attached hydrogens (tertiary/aromatic N) is 4. The van der Waals surface area contributed by atoms with E-state index in [1.165, 1.54) is 12.1 Å². The number of carbonyl (C=O) groups is 1. The first-order chi connectivity index (χ1) is 16.8. The number of methoxy groups -OCH3 is 1. The molecule has 1 N–H and O–H groups in total. The topological polar surface area (TPSA) is 70.6 Å². The first-order valence-electron chi connectivity index (χ1n) is 11.4. The van der Waals surface area contributed by atoms with E-state index in [4.69, 9.17) is 4.74 Å². The van der Waals surface area contributed by atoms with Crippen molar-refractivity contribution in [1.82, 2.24) is 14.9 Å². The second kappa shape index (κ2) is 10.5. The van der Waals surface area contributed by atoms with Gasteiger partial charge in [-0.1, -0.05) is 18.2 Å². The lowest BCUT2D eigenvalue weighted by Gasteiger charge is -2.41. The lowest BCUT2D eigenvalue weighted by Crippen LogP contribution is -2.56. The molecule has 0 saturated carbocycles. The highest BCUT2D eigenvalue weighted by atomic mass is 19.3. The zero-order valence-corrected chi connectivity index (χ0v) is 19.8. The summed E-state index contributed by atoms with van der Waals surface area (Å²) in [6.07, 6.45) is 0.394. The monoisotopic (exact) mass is 487 g/mol. The number of benzene rings is 1. The summed E-state index contributed by atoms with van der Waals surface area (Å²) in [6.45, 7) is 5.40. The second-order valence-electron chi connectivity index (χ2n) is 8.60. The van der Waals surface area contributed by atoms with E-state index in [1.54, 1.807) is 44.3 Å². The number of carbonyl (C=O) groups excluding carboxylic acids is 1. The highest BCUT2D eigenvalue weighted by Gasteiger charge is 2.29. The largest absolute Gasteiger partial charge is 0.382 e. The van der Waals surface area contributed by atoms with Crippen molar-refractivity contribution in [3.63, 3.8) is 0 Å². The molecule has 1 fully saturated rings. The molecule has 10 heteroatoms. The normalized spacial score (nSPS) is 17.2. The molecule has 7 nitrogen and oxygen atoms in total. The number of amides is 1. The van der Waals surface area contributed by atoms with E-state index in [9.17, 15) is 18.0 Å². The van der Waals surface area contributed by atoms with Gasteiger partial charge in [-0.3, -0.25) is 9.78 Å². The number of pyridine rings is 2. The Balaban J connectivity index is 1.65. The molecule has 4 rings (SSSR count). The Morgan fingerprint density at radius 1 is 1.23 bits per heavy atom. The molecular weight excluding hydrogens is 459 g/mol. The average Bonchev–Trinajstić information content (AvgIpc) is 2.84. The van der Waals surface area contributed by atoms with Gasteiger partial charge >= 0.3 is 0 Å². The SMILES string of the molecule is COC[C@H]1CN(C(C)=O)CCN1c1cc2c(N[C@H](C)c3cccc(C(F)F)c3F)ccnc2cn1. The number of nitrogens with one attached hydrogen (secondary N) is 1. The maximum Gasteiger partial charge on any atom is 0.266 e. The predicted molar refractivity (Wildman–Crippen MR) is 128 cm³/mol. The Labute approximate surface area is 201 Å². The van der Waals surface area contributed by atoms with Crippen LogP contribution in [0.1, 0.15) is 37.4 Å². The molecule has 1 amide bonds. The Bertz CT molecular complexity index is 1210. The Morgan fingerprint density at radius 2 is 2.00 bits per heavy atom. The fraction of sp³-hybridized carbons (Fsp3) is 0.400. The van der Waals surface area contributed by atoms with Crippen LogP contribution in [0.25, 0.3) is 10.9 Å². The maximum atomic E-state index is 14.7. The molecule has 35 heavy (non-hydrogen) atoms. The molecule has 1 saturated heterocycles. The number of hydrogen-bond donors (Lipinski definition) is 1. The molecule has 3 aromatic rings. The summed E-state index contributed by atoms with van der Waals surface area (Å²) in [5.41, 5.74) is 0.857. The number of ether oxygens (including phenoxy) is 1. The van der Waals surface area contributed by atoms with Gasteiger partial charge in [-0.25, -0.2) is 18.2 Å². The van der Waals surface area contributed by atoms with Crippen molar-refractivity contribution in [2.24, 2.45) is 0 Å². The standard InChI is InChI=1S/C25H28F3N5O2/c1-15(18-5-4-6-19(24(18)26)25(27)28)31-21-7-8-29-22-12-30-23(11-20(21)22)33-10-9-32(16(2)34)13-17(33)14-35-3/h4-8,11-12,15,17,25H,9-10,13-14H2,1-3H3,(H,29,31)/t15-,17-/m1/s1. The molecule has 0 aliphatic carbocycles. The van der Waals surface area contributed by atoms with Gasteiger partial charge in [-0.15, -0.1) is 0 Å². The van der Waals surface area contributed by atoms with Gasteiger partial charge in [-0.05, 0) is 19.1 Å². The summed E-state index contributed by atoms with van der Waals surface area (Å²) in [5.74, 6) is -0.184. The maximum absolute atomic E-state index is 14.7. The van der Waals surface area contributed by atoms with Crippen molar-refractivity contribution in [2.45, 2.75) is 32.4 Å². The molecule has 186 valence electrons. The summed E-state index contributed by atoms with van der Waals surface area (Å²) < 4.78 is 46.4. The first-order valence-corrected chi connectivity index (χ1v) is 11.4. The minimum absolute atomic E-state index is 0.0186. The summed E-state index contributed by atoms with van der Waals surface area (Å²) in [6, 6.07) is 7.04. The van der Waals surface area contributed by atoms with Gasteiger partial charge in [0.1, 0.15) is 11.6 Å². The highest BCUT2D eigenvalue weighted by Crippen LogP contribution is 2.32. The molecule has 0 radical (unpaired) electrons. The van der Waals surface area contributed by atoms with Crippen LogP contribution in [0.15, 0.2) is 42.7 Å². The quantitative estimate of drug-likeness (QED) is 0.527. The van der Waals surface area contributed by atoms with Crippen LogP contribution in [0.4, 0.5) is 24.7 Å². The van der Waals surface area contributed by atoms with Crippen molar-refractivity contribution >= 4 is 28.3 Å². The van der Waals surface area contributed by atoms with Crippen LogP contribution in [0.2, 0.25) is 0 Å². The molecule has 3 heterocycles.